The van der Waals surface area contributed by atoms with E-state index in [4.69, 9.17) is 9.05 Å². The van der Waals surface area contributed by atoms with Gasteiger partial charge in [0.25, 0.3) is 0 Å². The lowest BCUT2D eigenvalue weighted by Crippen LogP contribution is -2.33. The van der Waals surface area contributed by atoms with E-state index in [2.05, 4.69) is 0 Å². The van der Waals surface area contributed by atoms with Crippen LogP contribution in [0.1, 0.15) is 25.8 Å². The third-order valence-corrected chi connectivity index (χ3v) is 9.18. The number of aryl methyl sites for hydroxylation is 1. The molecule has 0 N–H and O–H groups in total. The number of benzene rings is 4. The number of hydrogen-bond acceptors (Lipinski definition) is 8. The number of rotatable bonds is 3. The van der Waals surface area contributed by atoms with Gasteiger partial charge >= 0.3 is 8.25 Å². The van der Waals surface area contributed by atoms with Crippen LogP contribution in [0.4, 0.5) is 0 Å². The molecule has 2 atom stereocenters. The van der Waals surface area contributed by atoms with Crippen LogP contribution < -0.4 is 21.7 Å². The fourth-order valence-electron chi connectivity index (χ4n) is 4.98. The molecule has 9 heteroatoms. The summed E-state index contributed by atoms with van der Waals surface area (Å²) in [5.41, 5.74) is -1.43. The van der Waals surface area contributed by atoms with Crippen LogP contribution in [-0.4, -0.2) is 11.7 Å². The molecule has 1 fully saturated rings. The second-order valence-corrected chi connectivity index (χ2v) is 11.3. The second kappa shape index (κ2) is 7.73. The van der Waals surface area contributed by atoms with Crippen molar-refractivity contribution in [3.63, 3.8) is 0 Å². The Kier molecular flexibility index (Phi) is 4.96. The maximum absolute atomic E-state index is 13.6. The van der Waals surface area contributed by atoms with Gasteiger partial charge in [-0.2, -0.15) is 0 Å². The SMILES string of the molecule is CC1(C)O[PH](=O)OC1CCc1ccc2c(=O)c3sc4c(=O)c5ccccc5c(=O)c4c3c(=O)c2c1. The maximum Gasteiger partial charge on any atom is 0.320 e. The van der Waals surface area contributed by atoms with Crippen LogP contribution in [0.3, 0.4) is 0 Å². The largest absolute Gasteiger partial charge is 0.320 e. The highest BCUT2D eigenvalue weighted by atomic mass is 32.1. The summed E-state index contributed by atoms with van der Waals surface area (Å²) in [7, 11) is -2.52. The van der Waals surface area contributed by atoms with Crippen molar-refractivity contribution in [2.75, 3.05) is 0 Å². The Morgan fingerprint density at radius 2 is 1.40 bits per heavy atom. The smallest absolute Gasteiger partial charge is 0.304 e. The minimum absolute atomic E-state index is 0.0276. The van der Waals surface area contributed by atoms with Gasteiger partial charge in [0.15, 0.2) is 10.9 Å². The predicted molar refractivity (Wildman–Crippen MR) is 139 cm³/mol. The normalized spacial score (nSPS) is 19.9. The summed E-state index contributed by atoms with van der Waals surface area (Å²) < 4.78 is 22.8. The first kappa shape index (κ1) is 22.4. The van der Waals surface area contributed by atoms with Crippen LogP contribution >= 0.6 is 19.6 Å². The third kappa shape index (κ3) is 3.28. The Morgan fingerprint density at radius 3 is 2.00 bits per heavy atom. The van der Waals surface area contributed by atoms with Crippen molar-refractivity contribution < 1.29 is 13.6 Å². The molecule has 0 radical (unpaired) electrons. The predicted octanol–water partition coefficient (Wildman–Crippen LogP) is 4.19. The first-order valence-electron chi connectivity index (χ1n) is 11.1. The monoisotopic (exact) mass is 506 g/mol. The van der Waals surface area contributed by atoms with Gasteiger partial charge in [0.05, 0.1) is 31.9 Å². The quantitative estimate of drug-likeness (QED) is 0.338. The van der Waals surface area contributed by atoms with Gasteiger partial charge in [-0.25, -0.2) is 0 Å². The molecule has 35 heavy (non-hydrogen) atoms. The first-order chi connectivity index (χ1) is 16.7. The summed E-state index contributed by atoms with van der Waals surface area (Å²) in [5, 5.41) is 1.06. The molecular formula is C26H19O7PS. The lowest BCUT2D eigenvalue weighted by molar-refractivity contribution is 0.0681. The highest BCUT2D eigenvalue weighted by molar-refractivity contribution is 7.33. The van der Waals surface area contributed by atoms with Gasteiger partial charge in [0.1, 0.15) is 0 Å². The highest BCUT2D eigenvalue weighted by Crippen LogP contribution is 2.46. The summed E-state index contributed by atoms with van der Waals surface area (Å²) in [6.07, 6.45) is 0.676. The third-order valence-electron chi connectivity index (χ3n) is 6.82. The summed E-state index contributed by atoms with van der Waals surface area (Å²) in [4.78, 5) is 53.3. The van der Waals surface area contributed by atoms with E-state index in [0.717, 1.165) is 16.9 Å². The molecule has 0 saturated carbocycles. The maximum atomic E-state index is 13.6. The molecule has 4 aromatic carbocycles. The molecule has 1 aromatic heterocycles. The van der Waals surface area contributed by atoms with Crippen LogP contribution in [0.25, 0.3) is 41.7 Å². The van der Waals surface area contributed by atoms with Crippen molar-refractivity contribution in [1.29, 1.82) is 0 Å². The molecule has 6 rings (SSSR count). The number of fused-ring (bicyclic) bond motifs is 5. The Balaban J connectivity index is 1.56. The minimum Gasteiger partial charge on any atom is -0.304 e. The van der Waals surface area contributed by atoms with E-state index in [9.17, 15) is 23.7 Å². The lowest BCUT2D eigenvalue weighted by Gasteiger charge is -2.22. The molecule has 1 aliphatic rings. The van der Waals surface area contributed by atoms with Crippen LogP contribution in [-0.2, 0) is 20.0 Å². The van der Waals surface area contributed by atoms with Crippen molar-refractivity contribution in [2.24, 2.45) is 0 Å². The molecule has 5 aromatic rings. The van der Waals surface area contributed by atoms with Crippen LogP contribution in [0.2, 0.25) is 0 Å². The van der Waals surface area contributed by atoms with E-state index in [1.807, 2.05) is 13.8 Å². The number of hydrogen-bond donors (Lipinski definition) is 0. The Bertz CT molecular complexity index is 1950. The second-order valence-electron chi connectivity index (χ2n) is 9.35. The van der Waals surface area contributed by atoms with E-state index < -0.39 is 24.7 Å². The van der Waals surface area contributed by atoms with Gasteiger partial charge in [-0.05, 0) is 44.4 Å². The molecule has 7 nitrogen and oxygen atoms in total. The number of thiophene rings is 1. The van der Waals surface area contributed by atoms with Crippen LogP contribution in [0, 0.1) is 0 Å². The molecule has 0 aliphatic carbocycles. The lowest BCUT2D eigenvalue weighted by atomic mass is 9.94. The van der Waals surface area contributed by atoms with E-state index in [1.165, 1.54) is 0 Å². The molecule has 0 spiro atoms. The Hall–Kier alpha value is -3.03. The average molecular weight is 506 g/mol. The van der Waals surface area contributed by atoms with E-state index >= 15 is 0 Å². The van der Waals surface area contributed by atoms with Gasteiger partial charge in [0.2, 0.25) is 10.9 Å². The van der Waals surface area contributed by atoms with Gasteiger partial charge < -0.3 is 9.05 Å². The fourth-order valence-corrected chi connectivity index (χ4v) is 7.42. The molecule has 0 bridgehead atoms. The Morgan fingerprint density at radius 1 is 0.829 bits per heavy atom. The summed E-state index contributed by atoms with van der Waals surface area (Å²) in [6, 6.07) is 11.6. The fraction of sp³-hybridized carbons (Fsp3) is 0.231. The van der Waals surface area contributed by atoms with E-state index in [0.29, 0.717) is 12.8 Å². The molecule has 1 aliphatic heterocycles. The Labute approximate surface area is 202 Å². The van der Waals surface area contributed by atoms with Crippen LogP contribution in [0.5, 0.6) is 0 Å². The average Bonchev–Trinajstić information content (AvgIpc) is 3.36. The van der Waals surface area contributed by atoms with Crippen molar-refractivity contribution >= 4 is 61.3 Å². The zero-order valence-corrected chi connectivity index (χ0v) is 20.6. The molecule has 2 heterocycles. The molecule has 1 saturated heterocycles. The minimum atomic E-state index is -2.52. The summed E-state index contributed by atoms with van der Waals surface area (Å²) in [5.74, 6) is 0. The zero-order chi connectivity index (χ0) is 24.6. The molecular weight excluding hydrogens is 487 g/mol. The first-order valence-corrected chi connectivity index (χ1v) is 13.2. The van der Waals surface area contributed by atoms with Crippen molar-refractivity contribution in [1.82, 2.24) is 0 Å². The summed E-state index contributed by atoms with van der Waals surface area (Å²) >= 11 is 0.922. The van der Waals surface area contributed by atoms with Gasteiger partial charge in [-0.3, -0.25) is 23.7 Å². The topological polar surface area (TPSA) is 104 Å². The standard InChI is InChI=1S/C26H19O7PS/c1-26(2)17(32-34(31)33-26)10-8-12-7-9-15-16(11-12)21(28)19-18-20(27)13-5-3-4-6-14(13)22(29)24(18)35-25(19)23(15)30/h3-7,9,11,17,34H,8,10H2,1-2H3. The van der Waals surface area contributed by atoms with Crippen molar-refractivity contribution in [3.8, 4) is 0 Å². The van der Waals surface area contributed by atoms with E-state index in [1.54, 1.807) is 42.5 Å². The zero-order valence-electron chi connectivity index (χ0n) is 18.8. The molecule has 0 amide bonds. The van der Waals surface area contributed by atoms with E-state index in [-0.39, 0.29) is 58.7 Å². The van der Waals surface area contributed by atoms with Crippen molar-refractivity contribution in [2.45, 2.75) is 38.4 Å². The molecule has 2 unspecified atom stereocenters. The van der Waals surface area contributed by atoms with Crippen LogP contribution in [0.15, 0.2) is 61.6 Å². The van der Waals surface area contributed by atoms with Crippen molar-refractivity contribution in [3.05, 3.63) is 88.9 Å². The van der Waals surface area contributed by atoms with Gasteiger partial charge in [-0.15, -0.1) is 11.3 Å². The highest BCUT2D eigenvalue weighted by Gasteiger charge is 2.40. The summed E-state index contributed by atoms with van der Waals surface area (Å²) in [6.45, 7) is 3.64. The van der Waals surface area contributed by atoms with Gasteiger partial charge in [0, 0.05) is 21.5 Å². The van der Waals surface area contributed by atoms with Gasteiger partial charge in [-0.1, -0.05) is 30.3 Å². The molecule has 176 valence electrons.